The van der Waals surface area contributed by atoms with Crippen molar-refractivity contribution in [2.75, 3.05) is 34.5 Å². The van der Waals surface area contributed by atoms with Gasteiger partial charge in [-0.05, 0) is 0 Å². The van der Waals surface area contributed by atoms with E-state index in [1.54, 1.807) is 12.1 Å². The summed E-state index contributed by atoms with van der Waals surface area (Å²) in [6.07, 6.45) is 6.13. The molecule has 1 heterocycles. The topological polar surface area (TPSA) is 77.7 Å². The van der Waals surface area contributed by atoms with Crippen molar-refractivity contribution >= 4 is 24.0 Å². The molecule has 1 atom stereocenters. The monoisotopic (exact) mass is 774 g/mol. The molecule has 0 aromatic heterocycles. The van der Waals surface area contributed by atoms with Crippen molar-refractivity contribution in [2.24, 2.45) is 10.9 Å². The molecule has 170 valence electrons. The van der Waals surface area contributed by atoms with Crippen LogP contribution in [0.3, 0.4) is 0 Å². The summed E-state index contributed by atoms with van der Waals surface area (Å²) in [5.41, 5.74) is 1.96. The normalized spacial score (nSPS) is 14.3. The molecule has 9 heteroatoms. The molecule has 1 amide bonds. The summed E-state index contributed by atoms with van der Waals surface area (Å²) < 4.78 is 18.7. The SMILES string of the molecule is C=NC[I-]O/C(=C/C#CCF)[C@H](CC)C(=O)Nc1cc(C#N)ccc1N1CC[CH-]CC1.[U]. The molecular formula is C23H26FIN4O2U-2. The van der Waals surface area contributed by atoms with Gasteiger partial charge < -0.3 is 0 Å². The molecule has 32 heavy (non-hydrogen) atoms. The molecule has 0 radical (unpaired) electrons. The maximum atomic E-state index is 13.2. The molecule has 1 N–H and O–H groups in total. The molecular weight excluding hydrogens is 748 g/mol. The average Bonchev–Trinajstić information content (AvgIpc) is 2.80. The predicted octanol–water partition coefficient (Wildman–Crippen LogP) is 0.863. The van der Waals surface area contributed by atoms with Crippen molar-refractivity contribution in [2.45, 2.75) is 26.2 Å². The Morgan fingerprint density at radius 1 is 1.50 bits per heavy atom. The van der Waals surface area contributed by atoms with Gasteiger partial charge in [-0.3, -0.25) is 0 Å². The Kier molecular flexibility index (Phi) is 14.4. The maximum absolute atomic E-state index is 13.2. The average molecular weight is 774 g/mol. The zero-order chi connectivity index (χ0) is 22.5. The summed E-state index contributed by atoms with van der Waals surface area (Å²) in [5, 5.41) is 12.3. The molecule has 6 nitrogen and oxygen atoms in total. The van der Waals surface area contributed by atoms with Gasteiger partial charge in [0.05, 0.1) is 0 Å². The fourth-order valence-corrected chi connectivity index (χ4v) is 4.30. The molecule has 0 spiro atoms. The second-order valence-corrected chi connectivity index (χ2v) is 8.42. The number of benzene rings is 1. The minimum atomic E-state index is -0.783. The molecule has 1 aliphatic rings. The van der Waals surface area contributed by atoms with Crippen LogP contribution < -0.4 is 31.8 Å². The van der Waals surface area contributed by atoms with Crippen LogP contribution in [0.1, 0.15) is 31.7 Å². The van der Waals surface area contributed by atoms with Crippen molar-refractivity contribution in [3.05, 3.63) is 42.0 Å². The molecule has 1 aromatic carbocycles. The van der Waals surface area contributed by atoms with Crippen molar-refractivity contribution in [3.8, 4) is 17.9 Å². The van der Waals surface area contributed by atoms with Gasteiger partial charge in [0.15, 0.2) is 0 Å². The molecule has 1 fully saturated rings. The van der Waals surface area contributed by atoms with Gasteiger partial charge >= 0.3 is 195 Å². The molecule has 1 aliphatic heterocycles. The van der Waals surface area contributed by atoms with Crippen molar-refractivity contribution in [3.63, 3.8) is 0 Å². The zero-order valence-electron chi connectivity index (χ0n) is 18.0. The van der Waals surface area contributed by atoms with Gasteiger partial charge in [-0.15, -0.1) is 0 Å². The molecule has 0 aliphatic carbocycles. The summed E-state index contributed by atoms with van der Waals surface area (Å²) in [6.45, 7) is 6.27. The Morgan fingerprint density at radius 2 is 2.25 bits per heavy atom. The van der Waals surface area contributed by atoms with Crippen LogP contribution in [-0.2, 0) is 7.86 Å². The molecule has 0 unspecified atom stereocenters. The second kappa shape index (κ2) is 16.1. The first-order valence-electron chi connectivity index (χ1n) is 9.99. The van der Waals surface area contributed by atoms with E-state index in [1.165, 1.54) is 6.08 Å². The smallest absolute Gasteiger partial charge is 0 e. The summed E-state index contributed by atoms with van der Waals surface area (Å²) >= 11 is -0.783. The van der Waals surface area contributed by atoms with Gasteiger partial charge in [0.1, 0.15) is 0 Å². The molecule has 1 aromatic rings. The van der Waals surface area contributed by atoms with E-state index in [4.69, 9.17) is 3.07 Å². The van der Waals surface area contributed by atoms with Gasteiger partial charge in [-0.2, -0.15) is 0 Å². The summed E-state index contributed by atoms with van der Waals surface area (Å²) in [6, 6.07) is 7.46. The number of carbonyl (C=O) groups excluding carboxylic acids is 1. The van der Waals surface area contributed by atoms with Crippen LogP contribution in [0.15, 0.2) is 35.0 Å². The third-order valence-corrected chi connectivity index (χ3v) is 6.24. The fraction of sp³-hybridized carbons (Fsp3) is 0.391. The minimum Gasteiger partial charge on any atom is 0 e. The van der Waals surface area contributed by atoms with Crippen LogP contribution in [0.4, 0.5) is 15.8 Å². The zero-order valence-corrected chi connectivity index (χ0v) is 24.4. The quantitative estimate of drug-likeness (QED) is 0.0592. The number of aliphatic imine (C=N–C) groups is 1. The number of anilines is 2. The number of piperidine rings is 1. The van der Waals surface area contributed by atoms with Crippen LogP contribution in [0, 0.1) is 66.6 Å². The number of alkyl halides is 2. The van der Waals surface area contributed by atoms with Crippen molar-refractivity contribution in [1.29, 1.82) is 5.26 Å². The van der Waals surface area contributed by atoms with E-state index >= 15 is 0 Å². The number of allylic oxidation sites excluding steroid dienone is 1. The number of carbonyl (C=O) groups is 1. The molecule has 1 saturated heterocycles. The number of hydrogen-bond donors (Lipinski definition) is 1. The Balaban J connectivity index is 0.00000512. The van der Waals surface area contributed by atoms with Crippen LogP contribution in [0.2, 0.25) is 0 Å². The van der Waals surface area contributed by atoms with E-state index in [0.717, 1.165) is 31.6 Å². The first-order valence-corrected chi connectivity index (χ1v) is 12.4. The van der Waals surface area contributed by atoms with Crippen molar-refractivity contribution in [1.82, 2.24) is 0 Å². The van der Waals surface area contributed by atoms with Gasteiger partial charge in [0.2, 0.25) is 0 Å². The number of halogens is 2. The third-order valence-electron chi connectivity index (χ3n) is 4.66. The standard InChI is InChI=1S/C23H26FIN4O2.U/c1-3-19(22(9-5-6-12-24)31-25-17-27-2)23(30)28-20-15-18(16-26)10-11-21(20)29-13-7-4-8-14-29;/h4,9-11,15,19H,2-3,7-8,12-14,17H2,1H3,(H,28,30);/q-2;/b22-9+;/t19-;/m0./s1. The second-order valence-electron chi connectivity index (χ2n) is 6.68. The van der Waals surface area contributed by atoms with E-state index in [2.05, 4.69) is 46.3 Å². The summed E-state index contributed by atoms with van der Waals surface area (Å²) in [4.78, 5) is 19.2. The summed E-state index contributed by atoms with van der Waals surface area (Å²) in [5.74, 6) is 4.49. The minimum absolute atomic E-state index is 0. The van der Waals surface area contributed by atoms with Crippen LogP contribution >= 0.6 is 0 Å². The summed E-state index contributed by atoms with van der Waals surface area (Å²) in [7, 11) is 0. The first kappa shape index (κ1) is 28.5. The Morgan fingerprint density at radius 3 is 2.88 bits per heavy atom. The predicted molar refractivity (Wildman–Crippen MR) is 117 cm³/mol. The van der Waals surface area contributed by atoms with E-state index < -0.39 is 34.2 Å². The number of amides is 1. The van der Waals surface area contributed by atoms with Gasteiger partial charge in [0, 0.05) is 31.1 Å². The molecule has 2 rings (SSSR count). The number of rotatable bonds is 9. The Bertz CT molecular complexity index is 901. The van der Waals surface area contributed by atoms with E-state index in [0.29, 0.717) is 28.0 Å². The van der Waals surface area contributed by atoms with Crippen LogP contribution in [0.5, 0.6) is 0 Å². The van der Waals surface area contributed by atoms with E-state index in [-0.39, 0.29) is 37.0 Å². The number of nitrogens with zero attached hydrogens (tertiary/aromatic N) is 3. The molecule has 0 saturated carbocycles. The van der Waals surface area contributed by atoms with E-state index in [1.807, 2.05) is 13.0 Å². The van der Waals surface area contributed by atoms with Gasteiger partial charge in [-0.25, -0.2) is 0 Å². The van der Waals surface area contributed by atoms with Gasteiger partial charge in [0.25, 0.3) is 0 Å². The van der Waals surface area contributed by atoms with Gasteiger partial charge in [-0.1, -0.05) is 0 Å². The number of nitriles is 1. The van der Waals surface area contributed by atoms with Crippen molar-refractivity contribution < 1.29 is 65.0 Å². The molecule has 0 bridgehead atoms. The fourth-order valence-electron chi connectivity index (χ4n) is 3.17. The Labute approximate surface area is 224 Å². The van der Waals surface area contributed by atoms with Crippen LogP contribution in [0.25, 0.3) is 0 Å². The van der Waals surface area contributed by atoms with E-state index in [9.17, 15) is 14.4 Å². The third kappa shape index (κ3) is 8.77. The van der Waals surface area contributed by atoms with Crippen LogP contribution in [-0.4, -0.2) is 36.9 Å². The largest absolute Gasteiger partial charge is 0 e. The number of nitrogens with one attached hydrogen (secondary N) is 1. The number of hydrogen-bond acceptors (Lipinski definition) is 5. The maximum Gasteiger partial charge on any atom is 0 e. The Hall–Kier alpha value is -1.54. The first-order chi connectivity index (χ1) is 15.1.